The van der Waals surface area contributed by atoms with E-state index in [9.17, 15) is 23.2 Å². The van der Waals surface area contributed by atoms with Gasteiger partial charge < -0.3 is 10.1 Å². The van der Waals surface area contributed by atoms with E-state index in [-0.39, 0.29) is 33.8 Å². The number of esters is 1. The maximum absolute atomic E-state index is 12.6. The minimum absolute atomic E-state index is 0.127. The highest BCUT2D eigenvalue weighted by molar-refractivity contribution is 7.99. The minimum atomic E-state index is -2.74. The molecule has 1 amide bonds. The van der Waals surface area contributed by atoms with Gasteiger partial charge in [0.25, 0.3) is 5.76 Å². The van der Waals surface area contributed by atoms with Crippen molar-refractivity contribution in [1.82, 2.24) is 4.98 Å². The molecule has 2 aromatic rings. The van der Waals surface area contributed by atoms with Crippen molar-refractivity contribution < 1.29 is 27.9 Å². The molecule has 1 aromatic heterocycles. The van der Waals surface area contributed by atoms with E-state index in [0.29, 0.717) is 5.69 Å². The summed E-state index contributed by atoms with van der Waals surface area (Å²) in [5.74, 6) is -4.37. The number of Topliss-reactive ketones (excluding diaryl/α,β-unsaturated/α-hetero) is 1. The third kappa shape index (κ3) is 5.85. The van der Waals surface area contributed by atoms with Crippen LogP contribution in [0, 0.1) is 0 Å². The van der Waals surface area contributed by atoms with E-state index in [0.717, 1.165) is 0 Å². The number of rotatable bonds is 7. The summed E-state index contributed by atoms with van der Waals surface area (Å²) in [5, 5.41) is 2.40. The highest BCUT2D eigenvalue weighted by atomic mass is 32.2. The summed E-state index contributed by atoms with van der Waals surface area (Å²) in [6.07, 6.45) is 0.154. The highest BCUT2D eigenvalue weighted by Gasteiger charge is 2.23. The second-order valence-corrected chi connectivity index (χ2v) is 6.38. The summed E-state index contributed by atoms with van der Waals surface area (Å²) in [6, 6.07) is 8.78. The van der Waals surface area contributed by atoms with Gasteiger partial charge in [0.1, 0.15) is 5.03 Å². The van der Waals surface area contributed by atoms with E-state index in [1.165, 1.54) is 44.3 Å². The average Bonchev–Trinajstić information content (AvgIpc) is 2.61. The average molecular weight is 394 g/mol. The SMILES string of the molecule is CC(=O)Nc1ccc(C(=O)[C@H](C)OC(=O)c2cccnc2SC(F)F)cc1. The van der Waals surface area contributed by atoms with Gasteiger partial charge in [0.15, 0.2) is 6.10 Å². The number of benzene rings is 1. The van der Waals surface area contributed by atoms with Gasteiger partial charge in [-0.2, -0.15) is 8.78 Å². The van der Waals surface area contributed by atoms with Crippen LogP contribution in [-0.2, 0) is 9.53 Å². The van der Waals surface area contributed by atoms with Crippen molar-refractivity contribution >= 4 is 35.1 Å². The van der Waals surface area contributed by atoms with Gasteiger partial charge >= 0.3 is 5.97 Å². The highest BCUT2D eigenvalue weighted by Crippen LogP contribution is 2.27. The van der Waals surface area contributed by atoms with Gasteiger partial charge in [-0.05, 0) is 55.1 Å². The summed E-state index contributed by atoms with van der Waals surface area (Å²) in [4.78, 5) is 39.4. The summed E-state index contributed by atoms with van der Waals surface area (Å²) < 4.78 is 30.3. The lowest BCUT2D eigenvalue weighted by atomic mass is 10.1. The Kier molecular flexibility index (Phi) is 7.00. The molecule has 1 aromatic carbocycles. The predicted octanol–water partition coefficient (Wildman–Crippen LogP) is 3.78. The molecule has 27 heavy (non-hydrogen) atoms. The largest absolute Gasteiger partial charge is 0.451 e. The Bertz CT molecular complexity index is 844. The zero-order valence-electron chi connectivity index (χ0n) is 14.4. The fraction of sp³-hybridized carbons (Fsp3) is 0.222. The second-order valence-electron chi connectivity index (χ2n) is 5.40. The summed E-state index contributed by atoms with van der Waals surface area (Å²) >= 11 is 0.127. The van der Waals surface area contributed by atoms with E-state index in [2.05, 4.69) is 10.3 Å². The standard InChI is InChI=1S/C18H16F2N2O4S/c1-10(15(24)12-5-7-13(8-6-12)22-11(2)23)26-17(25)14-4-3-9-21-16(14)27-18(19)20/h3-10,18H,1-2H3,(H,22,23)/t10-/m0/s1. The van der Waals surface area contributed by atoms with Gasteiger partial charge in [0.2, 0.25) is 11.7 Å². The number of anilines is 1. The molecule has 0 saturated heterocycles. The first-order valence-electron chi connectivity index (χ1n) is 7.80. The molecule has 1 heterocycles. The van der Waals surface area contributed by atoms with Crippen LogP contribution < -0.4 is 5.32 Å². The van der Waals surface area contributed by atoms with Crippen molar-refractivity contribution in [3.05, 3.63) is 53.7 Å². The predicted molar refractivity (Wildman–Crippen MR) is 96.1 cm³/mol. The first kappa shape index (κ1) is 20.5. The van der Waals surface area contributed by atoms with Gasteiger partial charge in [-0.25, -0.2) is 9.78 Å². The molecule has 6 nitrogen and oxygen atoms in total. The Morgan fingerprint density at radius 3 is 2.41 bits per heavy atom. The number of pyridine rings is 1. The lowest BCUT2D eigenvalue weighted by molar-refractivity contribution is -0.114. The van der Waals surface area contributed by atoms with Gasteiger partial charge in [-0.15, -0.1) is 0 Å². The zero-order chi connectivity index (χ0) is 20.0. The van der Waals surface area contributed by atoms with Crippen molar-refractivity contribution in [2.75, 3.05) is 5.32 Å². The van der Waals surface area contributed by atoms with Crippen LogP contribution in [0.15, 0.2) is 47.6 Å². The molecule has 0 bridgehead atoms. The lowest BCUT2D eigenvalue weighted by Crippen LogP contribution is -2.25. The molecule has 0 unspecified atom stereocenters. The molecule has 0 spiro atoms. The van der Waals surface area contributed by atoms with E-state index in [1.807, 2.05) is 0 Å². The maximum Gasteiger partial charge on any atom is 0.341 e. The number of ketones is 1. The Morgan fingerprint density at radius 2 is 1.81 bits per heavy atom. The number of aromatic nitrogens is 1. The molecule has 0 aliphatic carbocycles. The molecule has 142 valence electrons. The number of amides is 1. The number of alkyl halides is 2. The molecule has 0 saturated carbocycles. The van der Waals surface area contributed by atoms with E-state index >= 15 is 0 Å². The number of thioether (sulfide) groups is 1. The molecular formula is C18H16F2N2O4S. The van der Waals surface area contributed by atoms with Gasteiger partial charge in [0, 0.05) is 24.4 Å². The Balaban J connectivity index is 2.08. The number of hydrogen-bond donors (Lipinski definition) is 1. The van der Waals surface area contributed by atoms with Crippen LogP contribution in [0.5, 0.6) is 0 Å². The Hall–Kier alpha value is -2.81. The number of ether oxygens (including phenoxy) is 1. The topological polar surface area (TPSA) is 85.4 Å². The quantitative estimate of drug-likeness (QED) is 0.437. The molecule has 0 radical (unpaired) electrons. The molecule has 1 N–H and O–H groups in total. The van der Waals surface area contributed by atoms with Crippen molar-refractivity contribution in [2.45, 2.75) is 30.7 Å². The third-order valence-electron chi connectivity index (χ3n) is 3.33. The van der Waals surface area contributed by atoms with Crippen molar-refractivity contribution in [1.29, 1.82) is 0 Å². The Labute approximate surface area is 158 Å². The molecular weight excluding hydrogens is 378 g/mol. The first-order chi connectivity index (χ1) is 12.8. The second kappa shape index (κ2) is 9.22. The maximum atomic E-state index is 12.6. The van der Waals surface area contributed by atoms with Crippen LogP contribution in [0.3, 0.4) is 0 Å². The number of carbonyl (C=O) groups excluding carboxylic acids is 3. The molecule has 0 aliphatic rings. The Morgan fingerprint density at radius 1 is 1.15 bits per heavy atom. The van der Waals surface area contributed by atoms with Crippen LogP contribution in [0.2, 0.25) is 0 Å². The monoisotopic (exact) mass is 394 g/mol. The number of hydrogen-bond acceptors (Lipinski definition) is 6. The number of carbonyl (C=O) groups is 3. The van der Waals surface area contributed by atoms with E-state index in [4.69, 9.17) is 4.74 Å². The normalized spacial score (nSPS) is 11.7. The first-order valence-corrected chi connectivity index (χ1v) is 8.68. The fourth-order valence-electron chi connectivity index (χ4n) is 2.16. The van der Waals surface area contributed by atoms with Crippen LogP contribution >= 0.6 is 11.8 Å². The van der Waals surface area contributed by atoms with Crippen LogP contribution in [0.25, 0.3) is 0 Å². The summed E-state index contributed by atoms with van der Waals surface area (Å²) in [6.45, 7) is 2.75. The van der Waals surface area contributed by atoms with Gasteiger partial charge in [-0.1, -0.05) is 0 Å². The van der Waals surface area contributed by atoms with Gasteiger partial charge in [-0.3, -0.25) is 9.59 Å². The summed E-state index contributed by atoms with van der Waals surface area (Å²) in [5.41, 5.74) is 0.661. The van der Waals surface area contributed by atoms with Crippen LogP contribution in [0.4, 0.5) is 14.5 Å². The summed E-state index contributed by atoms with van der Waals surface area (Å²) in [7, 11) is 0. The lowest BCUT2D eigenvalue weighted by Gasteiger charge is -2.14. The minimum Gasteiger partial charge on any atom is -0.451 e. The van der Waals surface area contributed by atoms with E-state index < -0.39 is 23.6 Å². The van der Waals surface area contributed by atoms with Gasteiger partial charge in [0.05, 0.1) is 5.56 Å². The third-order valence-corrected chi connectivity index (χ3v) is 4.06. The number of nitrogens with zero attached hydrogens (tertiary/aromatic N) is 1. The van der Waals surface area contributed by atoms with Crippen molar-refractivity contribution in [3.8, 4) is 0 Å². The molecule has 2 rings (SSSR count). The van der Waals surface area contributed by atoms with Crippen molar-refractivity contribution in [3.63, 3.8) is 0 Å². The molecule has 1 atom stereocenters. The smallest absolute Gasteiger partial charge is 0.341 e. The van der Waals surface area contributed by atoms with Crippen LogP contribution in [-0.4, -0.2) is 34.5 Å². The zero-order valence-corrected chi connectivity index (χ0v) is 15.3. The number of nitrogens with one attached hydrogen (secondary N) is 1. The molecule has 0 aliphatic heterocycles. The van der Waals surface area contributed by atoms with E-state index in [1.54, 1.807) is 12.1 Å². The van der Waals surface area contributed by atoms with Crippen LogP contribution in [0.1, 0.15) is 34.6 Å². The fourth-order valence-corrected chi connectivity index (χ4v) is 2.73. The number of halogens is 2. The van der Waals surface area contributed by atoms with Crippen molar-refractivity contribution in [2.24, 2.45) is 0 Å². The molecule has 0 fully saturated rings. The molecule has 9 heteroatoms.